The first-order chi connectivity index (χ1) is 8.37. The molecule has 0 aromatic heterocycles. The van der Waals surface area contributed by atoms with Crippen LogP contribution in [0.5, 0.6) is 0 Å². The van der Waals surface area contributed by atoms with Crippen molar-refractivity contribution in [1.82, 2.24) is 0 Å². The highest BCUT2D eigenvalue weighted by Gasteiger charge is 2.32. The maximum atomic E-state index is 12.6. The molecule has 0 spiro atoms. The van der Waals surface area contributed by atoms with E-state index in [1.165, 1.54) is 12.1 Å². The third kappa shape index (κ3) is 3.79. The van der Waals surface area contributed by atoms with E-state index in [1.54, 1.807) is 6.07 Å². The highest BCUT2D eigenvalue weighted by Crippen LogP contribution is 2.33. The number of hydrogen-bond acceptors (Lipinski definition) is 0. The second kappa shape index (κ2) is 6.16. The van der Waals surface area contributed by atoms with E-state index in [1.807, 2.05) is 6.92 Å². The zero-order chi connectivity index (χ0) is 13.8. The van der Waals surface area contributed by atoms with Crippen LogP contribution < -0.4 is 0 Å². The second-order valence-corrected chi connectivity index (χ2v) is 5.03. The maximum absolute atomic E-state index is 12.6. The monoisotopic (exact) mass is 298 g/mol. The van der Waals surface area contributed by atoms with E-state index in [0.29, 0.717) is 23.7 Å². The standard InChI is InChI=1S/C13H15Cl2F3/c1-2-12(8-14,9-15)7-10-4-3-5-11(6-10)13(16,17)18/h3-6H,2,7-9H2,1H3. The smallest absolute Gasteiger partial charge is 0.166 e. The van der Waals surface area contributed by atoms with E-state index < -0.39 is 11.7 Å². The molecule has 0 saturated heterocycles. The molecule has 0 amide bonds. The van der Waals surface area contributed by atoms with Gasteiger partial charge in [0, 0.05) is 17.2 Å². The quantitative estimate of drug-likeness (QED) is 0.662. The molecule has 0 nitrogen and oxygen atoms in total. The zero-order valence-corrected chi connectivity index (χ0v) is 11.5. The van der Waals surface area contributed by atoms with Gasteiger partial charge >= 0.3 is 6.18 Å². The van der Waals surface area contributed by atoms with E-state index in [2.05, 4.69) is 0 Å². The summed E-state index contributed by atoms with van der Waals surface area (Å²) < 4.78 is 37.8. The maximum Gasteiger partial charge on any atom is 0.416 e. The summed E-state index contributed by atoms with van der Waals surface area (Å²) >= 11 is 11.8. The normalized spacial score (nSPS) is 12.8. The van der Waals surface area contributed by atoms with Crippen molar-refractivity contribution >= 4 is 23.2 Å². The predicted molar refractivity (Wildman–Crippen MR) is 69.3 cm³/mol. The van der Waals surface area contributed by atoms with Crippen LogP contribution in [0.15, 0.2) is 24.3 Å². The number of hydrogen-bond donors (Lipinski definition) is 0. The van der Waals surface area contributed by atoms with Gasteiger partial charge in [-0.2, -0.15) is 13.2 Å². The Morgan fingerprint density at radius 1 is 1.11 bits per heavy atom. The molecule has 0 atom stereocenters. The summed E-state index contributed by atoms with van der Waals surface area (Å²) in [6.07, 6.45) is -3.12. The lowest BCUT2D eigenvalue weighted by Crippen LogP contribution is -2.27. The van der Waals surface area contributed by atoms with E-state index >= 15 is 0 Å². The molecule has 1 aromatic carbocycles. The van der Waals surface area contributed by atoms with Crippen LogP contribution in [0, 0.1) is 5.41 Å². The molecule has 0 aliphatic carbocycles. The molecule has 18 heavy (non-hydrogen) atoms. The molecule has 1 rings (SSSR count). The van der Waals surface area contributed by atoms with Gasteiger partial charge < -0.3 is 0 Å². The van der Waals surface area contributed by atoms with E-state index in [-0.39, 0.29) is 5.41 Å². The van der Waals surface area contributed by atoms with Crippen molar-refractivity contribution in [3.05, 3.63) is 35.4 Å². The van der Waals surface area contributed by atoms with Crippen molar-refractivity contribution < 1.29 is 13.2 Å². The molecule has 102 valence electrons. The Kier molecular flexibility index (Phi) is 5.35. The van der Waals surface area contributed by atoms with Crippen LogP contribution in [0.1, 0.15) is 24.5 Å². The minimum absolute atomic E-state index is 0.337. The summed E-state index contributed by atoms with van der Waals surface area (Å²) in [6, 6.07) is 5.34. The van der Waals surface area contributed by atoms with Crippen molar-refractivity contribution in [2.75, 3.05) is 11.8 Å². The average molecular weight is 299 g/mol. The molecular weight excluding hydrogens is 284 g/mol. The topological polar surface area (TPSA) is 0 Å². The molecule has 0 aliphatic heterocycles. The Bertz CT molecular complexity index is 376. The molecule has 0 saturated carbocycles. The van der Waals surface area contributed by atoms with Crippen molar-refractivity contribution in [1.29, 1.82) is 0 Å². The molecule has 0 aliphatic rings. The number of rotatable bonds is 5. The molecule has 0 bridgehead atoms. The van der Waals surface area contributed by atoms with E-state index in [9.17, 15) is 13.2 Å². The van der Waals surface area contributed by atoms with Gasteiger partial charge in [-0.1, -0.05) is 25.1 Å². The van der Waals surface area contributed by atoms with E-state index in [0.717, 1.165) is 12.5 Å². The summed E-state index contributed by atoms with van der Waals surface area (Å²) in [5, 5.41) is 0. The molecule has 5 heteroatoms. The molecule has 0 fully saturated rings. The number of halogens is 5. The highest BCUT2D eigenvalue weighted by atomic mass is 35.5. The van der Waals surface area contributed by atoms with Crippen LogP contribution in [0.4, 0.5) is 13.2 Å². The fourth-order valence-electron chi connectivity index (χ4n) is 1.73. The fraction of sp³-hybridized carbons (Fsp3) is 0.538. The van der Waals surface area contributed by atoms with Gasteiger partial charge in [0.15, 0.2) is 0 Å². The Balaban J connectivity index is 2.98. The van der Waals surface area contributed by atoms with Crippen molar-refractivity contribution in [3.8, 4) is 0 Å². The number of alkyl halides is 5. The first kappa shape index (κ1) is 15.6. The SMILES string of the molecule is CCC(CCl)(CCl)Cc1cccc(C(F)(F)F)c1. The van der Waals surface area contributed by atoms with E-state index in [4.69, 9.17) is 23.2 Å². The molecule has 0 unspecified atom stereocenters. The van der Waals surface area contributed by atoms with Gasteiger partial charge in [0.25, 0.3) is 0 Å². The highest BCUT2D eigenvalue weighted by molar-refractivity contribution is 6.21. The Morgan fingerprint density at radius 2 is 1.72 bits per heavy atom. The van der Waals surface area contributed by atoms with Crippen molar-refractivity contribution in [2.24, 2.45) is 5.41 Å². The summed E-state index contributed by atoms with van der Waals surface area (Å²) in [7, 11) is 0. The third-order valence-electron chi connectivity index (χ3n) is 3.15. The summed E-state index contributed by atoms with van der Waals surface area (Å²) in [5.41, 5.74) is -0.352. The van der Waals surface area contributed by atoms with Gasteiger partial charge in [0.2, 0.25) is 0 Å². The Labute approximate surface area is 115 Å². The minimum atomic E-state index is -4.31. The van der Waals surface area contributed by atoms with Gasteiger partial charge in [-0.25, -0.2) is 0 Å². The molecule has 0 N–H and O–H groups in total. The lowest BCUT2D eigenvalue weighted by Gasteiger charge is -2.28. The first-order valence-corrected chi connectivity index (χ1v) is 6.72. The summed E-state index contributed by atoms with van der Waals surface area (Å²) in [6.45, 7) is 1.94. The predicted octanol–water partition coefficient (Wildman–Crippen LogP) is 5.12. The fourth-order valence-corrected chi connectivity index (χ4v) is 2.59. The Hall–Kier alpha value is -0.410. The summed E-state index contributed by atoms with van der Waals surface area (Å²) in [4.78, 5) is 0. The van der Waals surface area contributed by atoms with Gasteiger partial charge in [0.05, 0.1) is 5.56 Å². The van der Waals surface area contributed by atoms with Gasteiger partial charge in [-0.05, 0) is 24.5 Å². The van der Waals surface area contributed by atoms with Crippen LogP contribution in [0.3, 0.4) is 0 Å². The molecular formula is C13H15Cl2F3. The van der Waals surface area contributed by atoms with Crippen molar-refractivity contribution in [2.45, 2.75) is 25.9 Å². The zero-order valence-electron chi connectivity index (χ0n) is 10.0. The Morgan fingerprint density at radius 3 is 2.17 bits per heavy atom. The van der Waals surface area contributed by atoms with Crippen LogP contribution >= 0.6 is 23.2 Å². The third-order valence-corrected chi connectivity index (χ3v) is 4.28. The van der Waals surface area contributed by atoms with Crippen molar-refractivity contribution in [3.63, 3.8) is 0 Å². The molecule has 1 aromatic rings. The van der Waals surface area contributed by atoms with Gasteiger partial charge in [-0.3, -0.25) is 0 Å². The van der Waals surface area contributed by atoms with Crippen LogP contribution in [-0.2, 0) is 12.6 Å². The molecule has 0 radical (unpaired) electrons. The second-order valence-electron chi connectivity index (χ2n) is 4.50. The minimum Gasteiger partial charge on any atom is -0.166 e. The average Bonchev–Trinajstić information content (AvgIpc) is 2.35. The largest absolute Gasteiger partial charge is 0.416 e. The van der Waals surface area contributed by atoms with Crippen LogP contribution in [-0.4, -0.2) is 11.8 Å². The van der Waals surface area contributed by atoms with Gasteiger partial charge in [0.1, 0.15) is 0 Å². The lowest BCUT2D eigenvalue weighted by molar-refractivity contribution is -0.137. The number of benzene rings is 1. The van der Waals surface area contributed by atoms with Gasteiger partial charge in [-0.15, -0.1) is 23.2 Å². The summed E-state index contributed by atoms with van der Waals surface area (Å²) in [5.74, 6) is 0.673. The molecule has 0 heterocycles. The lowest BCUT2D eigenvalue weighted by atomic mass is 9.82. The van der Waals surface area contributed by atoms with Crippen LogP contribution in [0.25, 0.3) is 0 Å². The van der Waals surface area contributed by atoms with Crippen LogP contribution in [0.2, 0.25) is 0 Å². The first-order valence-electron chi connectivity index (χ1n) is 5.65.